The summed E-state index contributed by atoms with van der Waals surface area (Å²) >= 11 is 0. The maximum Gasteiger partial charge on any atom is 0.309 e. The van der Waals surface area contributed by atoms with E-state index < -0.39 is 11.9 Å². The lowest BCUT2D eigenvalue weighted by atomic mass is 10.0. The van der Waals surface area contributed by atoms with E-state index in [4.69, 9.17) is 9.84 Å². The first-order valence-corrected chi connectivity index (χ1v) is 4.34. The Hall–Kier alpha value is -1.42. The highest BCUT2D eigenvalue weighted by atomic mass is 16.5. The highest BCUT2D eigenvalue weighted by Gasteiger charge is 2.17. The molecular formula is C10H13NO3. The number of aliphatic carboxylic acids is 1. The Balaban J connectivity index is 2.60. The second-order valence-corrected chi connectivity index (χ2v) is 3.06. The molecule has 0 saturated heterocycles. The maximum absolute atomic E-state index is 10.8. The first-order chi connectivity index (χ1) is 6.74. The van der Waals surface area contributed by atoms with Gasteiger partial charge in [-0.25, -0.2) is 0 Å². The van der Waals surface area contributed by atoms with Crippen LogP contribution in [0.3, 0.4) is 0 Å². The van der Waals surface area contributed by atoms with Crippen LogP contribution < -0.4 is 0 Å². The molecule has 0 radical (unpaired) electrons. The van der Waals surface area contributed by atoms with Crippen molar-refractivity contribution in [2.75, 3.05) is 13.7 Å². The molecule has 0 aromatic carbocycles. The summed E-state index contributed by atoms with van der Waals surface area (Å²) in [6.07, 6.45) is 3.79. The standard InChI is InChI=1S/C10H13NO3/c1-14-7-9(10(12)13)5-8-3-2-4-11-6-8/h2-4,6,9H,5,7H2,1H3,(H,12,13). The lowest BCUT2D eigenvalue weighted by molar-refractivity contribution is -0.143. The molecule has 1 N–H and O–H groups in total. The number of rotatable bonds is 5. The molecule has 1 atom stereocenters. The molecule has 4 nitrogen and oxygen atoms in total. The number of carboxylic acids is 1. The van der Waals surface area contributed by atoms with Gasteiger partial charge in [-0.1, -0.05) is 6.07 Å². The van der Waals surface area contributed by atoms with Crippen LogP contribution in [0.4, 0.5) is 0 Å². The van der Waals surface area contributed by atoms with Crippen molar-refractivity contribution in [1.82, 2.24) is 4.98 Å². The summed E-state index contributed by atoms with van der Waals surface area (Å²) in [4.78, 5) is 14.7. The molecule has 14 heavy (non-hydrogen) atoms. The number of nitrogens with zero attached hydrogens (tertiary/aromatic N) is 1. The zero-order chi connectivity index (χ0) is 10.4. The molecule has 0 aliphatic carbocycles. The minimum absolute atomic E-state index is 0.226. The zero-order valence-electron chi connectivity index (χ0n) is 8.01. The number of hydrogen-bond acceptors (Lipinski definition) is 3. The van der Waals surface area contributed by atoms with Gasteiger partial charge in [0.2, 0.25) is 0 Å². The number of hydrogen-bond donors (Lipinski definition) is 1. The summed E-state index contributed by atoms with van der Waals surface area (Å²) in [6.45, 7) is 0.226. The van der Waals surface area contributed by atoms with E-state index in [2.05, 4.69) is 4.98 Å². The normalized spacial score (nSPS) is 12.4. The van der Waals surface area contributed by atoms with Crippen molar-refractivity contribution < 1.29 is 14.6 Å². The highest BCUT2D eigenvalue weighted by molar-refractivity contribution is 5.70. The fourth-order valence-electron chi connectivity index (χ4n) is 1.22. The molecule has 0 spiro atoms. The van der Waals surface area contributed by atoms with E-state index in [0.717, 1.165) is 5.56 Å². The molecule has 1 rings (SSSR count). The Labute approximate surface area is 82.5 Å². The number of carboxylic acid groups (broad SMARTS) is 1. The highest BCUT2D eigenvalue weighted by Crippen LogP contribution is 2.08. The third kappa shape index (κ3) is 3.14. The molecule has 0 aliphatic rings. The quantitative estimate of drug-likeness (QED) is 0.760. The molecular weight excluding hydrogens is 182 g/mol. The minimum Gasteiger partial charge on any atom is -0.481 e. The van der Waals surface area contributed by atoms with Crippen LogP contribution >= 0.6 is 0 Å². The summed E-state index contributed by atoms with van der Waals surface area (Å²) in [5, 5.41) is 8.87. The van der Waals surface area contributed by atoms with Crippen LogP contribution in [0.5, 0.6) is 0 Å². The number of methoxy groups -OCH3 is 1. The lowest BCUT2D eigenvalue weighted by Gasteiger charge is -2.10. The Morgan fingerprint density at radius 1 is 1.71 bits per heavy atom. The summed E-state index contributed by atoms with van der Waals surface area (Å²) < 4.78 is 4.84. The van der Waals surface area contributed by atoms with Gasteiger partial charge in [0.25, 0.3) is 0 Å². The van der Waals surface area contributed by atoms with Crippen LogP contribution in [0.15, 0.2) is 24.5 Å². The van der Waals surface area contributed by atoms with E-state index in [1.165, 1.54) is 7.11 Å². The molecule has 1 heterocycles. The van der Waals surface area contributed by atoms with E-state index in [9.17, 15) is 4.79 Å². The van der Waals surface area contributed by atoms with Crippen LogP contribution in [-0.4, -0.2) is 29.8 Å². The number of aromatic nitrogens is 1. The third-order valence-corrected chi connectivity index (χ3v) is 1.92. The average molecular weight is 195 g/mol. The van der Waals surface area contributed by atoms with Crippen LogP contribution in [0.1, 0.15) is 5.56 Å². The van der Waals surface area contributed by atoms with Gasteiger partial charge in [-0.05, 0) is 18.1 Å². The van der Waals surface area contributed by atoms with Crippen molar-refractivity contribution >= 4 is 5.97 Å². The predicted octanol–water partition coefficient (Wildman–Crippen LogP) is 0.971. The first kappa shape index (κ1) is 10.7. The predicted molar refractivity (Wildman–Crippen MR) is 50.9 cm³/mol. The van der Waals surface area contributed by atoms with Crippen molar-refractivity contribution in [1.29, 1.82) is 0 Å². The van der Waals surface area contributed by atoms with Gasteiger partial charge >= 0.3 is 5.97 Å². The first-order valence-electron chi connectivity index (χ1n) is 4.34. The van der Waals surface area contributed by atoms with Gasteiger partial charge in [0.1, 0.15) is 0 Å². The molecule has 0 aliphatic heterocycles. The van der Waals surface area contributed by atoms with E-state index in [1.54, 1.807) is 18.5 Å². The zero-order valence-corrected chi connectivity index (χ0v) is 8.01. The lowest BCUT2D eigenvalue weighted by Crippen LogP contribution is -2.21. The molecule has 1 unspecified atom stereocenters. The molecule has 0 amide bonds. The van der Waals surface area contributed by atoms with E-state index >= 15 is 0 Å². The number of pyridine rings is 1. The van der Waals surface area contributed by atoms with E-state index in [1.807, 2.05) is 6.07 Å². The van der Waals surface area contributed by atoms with Gasteiger partial charge in [0, 0.05) is 19.5 Å². The largest absolute Gasteiger partial charge is 0.481 e. The third-order valence-electron chi connectivity index (χ3n) is 1.92. The van der Waals surface area contributed by atoms with E-state index in [0.29, 0.717) is 6.42 Å². The molecule has 4 heteroatoms. The fraction of sp³-hybridized carbons (Fsp3) is 0.400. The Morgan fingerprint density at radius 2 is 2.50 bits per heavy atom. The molecule has 0 bridgehead atoms. The smallest absolute Gasteiger partial charge is 0.309 e. The topological polar surface area (TPSA) is 59.4 Å². The average Bonchev–Trinajstić information content (AvgIpc) is 2.18. The Bertz CT molecular complexity index is 287. The second-order valence-electron chi connectivity index (χ2n) is 3.06. The van der Waals surface area contributed by atoms with Crippen LogP contribution in [0, 0.1) is 5.92 Å². The van der Waals surface area contributed by atoms with Gasteiger partial charge in [-0.2, -0.15) is 0 Å². The molecule has 0 saturated carbocycles. The Morgan fingerprint density at radius 3 is 3.00 bits per heavy atom. The molecule has 1 aromatic heterocycles. The van der Waals surface area contributed by atoms with Crippen molar-refractivity contribution in [3.63, 3.8) is 0 Å². The molecule has 1 aromatic rings. The Kier molecular flexibility index (Phi) is 4.07. The summed E-state index contributed by atoms with van der Waals surface area (Å²) in [5.74, 6) is -1.33. The van der Waals surface area contributed by atoms with Crippen molar-refractivity contribution in [3.05, 3.63) is 30.1 Å². The summed E-state index contributed by atoms with van der Waals surface area (Å²) in [7, 11) is 1.50. The summed E-state index contributed by atoms with van der Waals surface area (Å²) in [6, 6.07) is 3.65. The van der Waals surface area contributed by atoms with Crippen molar-refractivity contribution in [2.45, 2.75) is 6.42 Å². The number of ether oxygens (including phenoxy) is 1. The molecule has 0 fully saturated rings. The van der Waals surface area contributed by atoms with Gasteiger partial charge in [-0.15, -0.1) is 0 Å². The van der Waals surface area contributed by atoms with Crippen LogP contribution in [-0.2, 0) is 16.0 Å². The van der Waals surface area contributed by atoms with Gasteiger partial charge in [0.05, 0.1) is 12.5 Å². The number of carbonyl (C=O) groups is 1. The summed E-state index contributed by atoms with van der Waals surface area (Å²) in [5.41, 5.74) is 0.914. The van der Waals surface area contributed by atoms with Gasteiger partial charge < -0.3 is 9.84 Å². The van der Waals surface area contributed by atoms with E-state index in [-0.39, 0.29) is 6.61 Å². The fourth-order valence-corrected chi connectivity index (χ4v) is 1.22. The van der Waals surface area contributed by atoms with Crippen LogP contribution in [0.2, 0.25) is 0 Å². The minimum atomic E-state index is -0.837. The van der Waals surface area contributed by atoms with Crippen molar-refractivity contribution in [2.24, 2.45) is 5.92 Å². The van der Waals surface area contributed by atoms with Gasteiger partial charge in [0.15, 0.2) is 0 Å². The monoisotopic (exact) mass is 195 g/mol. The van der Waals surface area contributed by atoms with Gasteiger partial charge in [-0.3, -0.25) is 9.78 Å². The van der Waals surface area contributed by atoms with Crippen molar-refractivity contribution in [3.8, 4) is 0 Å². The maximum atomic E-state index is 10.8. The van der Waals surface area contributed by atoms with Crippen LogP contribution in [0.25, 0.3) is 0 Å². The second kappa shape index (κ2) is 5.34. The molecule has 76 valence electrons. The SMILES string of the molecule is COCC(Cc1cccnc1)C(=O)O.